The van der Waals surface area contributed by atoms with Crippen LogP contribution in [0.1, 0.15) is 20.8 Å². The maximum Gasteiger partial charge on any atom is 0.328 e. The summed E-state index contributed by atoms with van der Waals surface area (Å²) < 4.78 is 1.05. The molecule has 2 aromatic rings. The Morgan fingerprint density at radius 1 is 1.26 bits per heavy atom. The first kappa shape index (κ1) is 13.5. The number of aromatic nitrogens is 2. The van der Waals surface area contributed by atoms with Gasteiger partial charge in [0.05, 0.1) is 23.6 Å². The standard InChI is InChI=1S/C14H18N2O3/c1-14(2,3)11(17)8-16-12(18)9-6-4-5-7-10(9)15-13(16)19/h4-7,11,17H,8H2,1-3H3,(H,15,19). The van der Waals surface area contributed by atoms with Gasteiger partial charge in [-0.1, -0.05) is 32.9 Å². The summed E-state index contributed by atoms with van der Waals surface area (Å²) in [5.74, 6) is 0. The Labute approximate surface area is 110 Å². The molecule has 0 amide bonds. The number of benzene rings is 1. The van der Waals surface area contributed by atoms with Gasteiger partial charge in [0, 0.05) is 0 Å². The lowest BCUT2D eigenvalue weighted by molar-refractivity contribution is 0.0463. The van der Waals surface area contributed by atoms with Gasteiger partial charge < -0.3 is 10.1 Å². The van der Waals surface area contributed by atoms with Gasteiger partial charge in [-0.05, 0) is 17.5 Å². The summed E-state index contributed by atoms with van der Waals surface area (Å²) in [6, 6.07) is 6.84. The average molecular weight is 262 g/mol. The maximum absolute atomic E-state index is 12.2. The molecule has 0 aliphatic heterocycles. The summed E-state index contributed by atoms with van der Waals surface area (Å²) in [6.45, 7) is 5.57. The number of para-hydroxylation sites is 1. The highest BCUT2D eigenvalue weighted by atomic mass is 16.3. The molecule has 0 aliphatic rings. The third-order valence-electron chi connectivity index (χ3n) is 3.24. The molecule has 0 saturated heterocycles. The molecule has 1 atom stereocenters. The van der Waals surface area contributed by atoms with Crippen LogP contribution in [0.3, 0.4) is 0 Å². The van der Waals surface area contributed by atoms with Crippen LogP contribution in [0, 0.1) is 5.41 Å². The van der Waals surface area contributed by atoms with Crippen molar-refractivity contribution in [3.8, 4) is 0 Å². The third kappa shape index (κ3) is 2.61. The summed E-state index contributed by atoms with van der Waals surface area (Å²) in [5, 5.41) is 10.5. The SMILES string of the molecule is CC(C)(C)C(O)Cn1c(=O)[nH]c2ccccc2c1=O. The van der Waals surface area contributed by atoms with Gasteiger partial charge in [-0.25, -0.2) is 4.79 Å². The van der Waals surface area contributed by atoms with E-state index < -0.39 is 17.2 Å². The maximum atomic E-state index is 12.2. The summed E-state index contributed by atoms with van der Waals surface area (Å²) in [5.41, 5.74) is -0.744. The minimum atomic E-state index is -0.771. The molecule has 2 N–H and O–H groups in total. The van der Waals surface area contributed by atoms with Crippen LogP contribution in [-0.2, 0) is 6.54 Å². The molecule has 19 heavy (non-hydrogen) atoms. The molecule has 1 aromatic carbocycles. The quantitative estimate of drug-likeness (QED) is 0.851. The number of fused-ring (bicyclic) bond motifs is 1. The van der Waals surface area contributed by atoms with Gasteiger partial charge in [0.25, 0.3) is 5.56 Å². The van der Waals surface area contributed by atoms with Crippen molar-refractivity contribution in [3.63, 3.8) is 0 Å². The Morgan fingerprint density at radius 3 is 2.53 bits per heavy atom. The van der Waals surface area contributed by atoms with Crippen LogP contribution >= 0.6 is 0 Å². The number of hydrogen-bond donors (Lipinski definition) is 2. The number of H-pyrrole nitrogens is 1. The predicted molar refractivity (Wildman–Crippen MR) is 74.3 cm³/mol. The van der Waals surface area contributed by atoms with Crippen LogP contribution in [0.25, 0.3) is 10.9 Å². The number of aromatic amines is 1. The Morgan fingerprint density at radius 2 is 1.89 bits per heavy atom. The lowest BCUT2D eigenvalue weighted by Crippen LogP contribution is -2.41. The zero-order valence-corrected chi connectivity index (χ0v) is 11.3. The highest BCUT2D eigenvalue weighted by Gasteiger charge is 2.23. The molecule has 0 aliphatic carbocycles. The van der Waals surface area contributed by atoms with E-state index in [0.717, 1.165) is 4.57 Å². The van der Waals surface area contributed by atoms with E-state index in [2.05, 4.69) is 4.98 Å². The normalized spacial score (nSPS) is 13.7. The molecule has 0 bridgehead atoms. The number of nitrogens with zero attached hydrogens (tertiary/aromatic N) is 1. The van der Waals surface area contributed by atoms with Crippen LogP contribution < -0.4 is 11.2 Å². The second-order valence-corrected chi connectivity index (χ2v) is 5.77. The molecule has 5 nitrogen and oxygen atoms in total. The topological polar surface area (TPSA) is 75.1 Å². The fraction of sp³-hybridized carbons (Fsp3) is 0.429. The van der Waals surface area contributed by atoms with E-state index in [1.54, 1.807) is 24.3 Å². The predicted octanol–water partition coefficient (Wildman–Crippen LogP) is 1.10. The first-order chi connectivity index (χ1) is 8.80. The van der Waals surface area contributed by atoms with Crippen molar-refractivity contribution in [1.82, 2.24) is 9.55 Å². The van der Waals surface area contributed by atoms with Gasteiger partial charge in [0.1, 0.15) is 0 Å². The van der Waals surface area contributed by atoms with E-state index in [1.165, 1.54) is 0 Å². The highest BCUT2D eigenvalue weighted by Crippen LogP contribution is 2.19. The monoisotopic (exact) mass is 262 g/mol. The van der Waals surface area contributed by atoms with Crippen molar-refractivity contribution in [3.05, 3.63) is 45.1 Å². The summed E-state index contributed by atoms with van der Waals surface area (Å²) in [7, 11) is 0. The van der Waals surface area contributed by atoms with Crippen molar-refractivity contribution < 1.29 is 5.11 Å². The first-order valence-corrected chi connectivity index (χ1v) is 6.20. The molecule has 0 fully saturated rings. The van der Waals surface area contributed by atoms with E-state index in [0.29, 0.717) is 10.9 Å². The zero-order valence-electron chi connectivity index (χ0n) is 11.3. The van der Waals surface area contributed by atoms with Crippen molar-refractivity contribution in [2.75, 3.05) is 0 Å². The Hall–Kier alpha value is -1.88. The highest BCUT2D eigenvalue weighted by molar-refractivity contribution is 5.76. The van der Waals surface area contributed by atoms with E-state index in [4.69, 9.17) is 0 Å². The average Bonchev–Trinajstić information content (AvgIpc) is 2.33. The molecule has 2 rings (SSSR count). The van der Waals surface area contributed by atoms with Gasteiger partial charge in [0.15, 0.2) is 0 Å². The first-order valence-electron chi connectivity index (χ1n) is 6.20. The number of aliphatic hydroxyl groups is 1. The molecule has 0 spiro atoms. The molecule has 0 radical (unpaired) electrons. The molecular formula is C14H18N2O3. The van der Waals surface area contributed by atoms with Gasteiger partial charge in [-0.15, -0.1) is 0 Å². The third-order valence-corrected chi connectivity index (χ3v) is 3.24. The molecular weight excluding hydrogens is 244 g/mol. The van der Waals surface area contributed by atoms with Gasteiger partial charge >= 0.3 is 5.69 Å². The summed E-state index contributed by atoms with van der Waals surface area (Å²) in [6.07, 6.45) is -0.771. The zero-order chi connectivity index (χ0) is 14.2. The van der Waals surface area contributed by atoms with Crippen molar-refractivity contribution >= 4 is 10.9 Å². The van der Waals surface area contributed by atoms with Crippen LogP contribution in [-0.4, -0.2) is 20.8 Å². The van der Waals surface area contributed by atoms with E-state index in [-0.39, 0.29) is 12.1 Å². The molecule has 5 heteroatoms. The molecule has 0 saturated carbocycles. The fourth-order valence-corrected chi connectivity index (χ4v) is 1.81. The molecule has 102 valence electrons. The lowest BCUT2D eigenvalue weighted by Gasteiger charge is -2.25. The second-order valence-electron chi connectivity index (χ2n) is 5.77. The minimum Gasteiger partial charge on any atom is -0.391 e. The fourth-order valence-electron chi connectivity index (χ4n) is 1.81. The van der Waals surface area contributed by atoms with E-state index in [9.17, 15) is 14.7 Å². The smallest absolute Gasteiger partial charge is 0.328 e. The van der Waals surface area contributed by atoms with Crippen molar-refractivity contribution in [1.29, 1.82) is 0 Å². The van der Waals surface area contributed by atoms with Crippen molar-refractivity contribution in [2.24, 2.45) is 5.41 Å². The number of aliphatic hydroxyl groups excluding tert-OH is 1. The number of rotatable bonds is 2. The lowest BCUT2D eigenvalue weighted by atomic mass is 9.89. The van der Waals surface area contributed by atoms with Crippen LogP contribution in [0.15, 0.2) is 33.9 Å². The summed E-state index contributed by atoms with van der Waals surface area (Å²) >= 11 is 0. The van der Waals surface area contributed by atoms with Crippen LogP contribution in [0.5, 0.6) is 0 Å². The van der Waals surface area contributed by atoms with Crippen LogP contribution in [0.4, 0.5) is 0 Å². The van der Waals surface area contributed by atoms with Crippen LogP contribution in [0.2, 0.25) is 0 Å². The second kappa shape index (κ2) is 4.66. The van der Waals surface area contributed by atoms with Gasteiger partial charge in [0.2, 0.25) is 0 Å². The Bertz CT molecular complexity index is 707. The van der Waals surface area contributed by atoms with Crippen molar-refractivity contribution in [2.45, 2.75) is 33.4 Å². The van der Waals surface area contributed by atoms with E-state index >= 15 is 0 Å². The largest absolute Gasteiger partial charge is 0.391 e. The molecule has 1 aromatic heterocycles. The number of hydrogen-bond acceptors (Lipinski definition) is 3. The number of nitrogens with one attached hydrogen (secondary N) is 1. The summed E-state index contributed by atoms with van der Waals surface area (Å²) in [4.78, 5) is 26.8. The van der Waals surface area contributed by atoms with E-state index in [1.807, 2.05) is 20.8 Å². The minimum absolute atomic E-state index is 0.0114. The van der Waals surface area contributed by atoms with Gasteiger partial charge in [-0.2, -0.15) is 0 Å². The molecule has 1 heterocycles. The van der Waals surface area contributed by atoms with Gasteiger partial charge in [-0.3, -0.25) is 9.36 Å². The Kier molecular flexibility index (Phi) is 3.32. The molecule has 1 unspecified atom stereocenters. The Balaban J connectivity index is 2.56.